The number of amides is 1. The molecule has 2 rings (SSSR count). The number of nitrogens with zero attached hydrogens (tertiary/aromatic N) is 2. The summed E-state index contributed by atoms with van der Waals surface area (Å²) < 4.78 is 26.0. The quantitative estimate of drug-likeness (QED) is 0.555. The lowest BCUT2D eigenvalue weighted by molar-refractivity contribution is -0.385. The van der Waals surface area contributed by atoms with Crippen LogP contribution in [0.5, 0.6) is 0 Å². The smallest absolute Gasteiger partial charge is 0.273 e. The average molecular weight is 432 g/mol. The monoisotopic (exact) mass is 431 g/mol. The molecule has 0 saturated heterocycles. The van der Waals surface area contributed by atoms with Crippen LogP contribution in [0.2, 0.25) is 10.0 Å². The van der Waals surface area contributed by atoms with E-state index < -0.39 is 27.4 Å². The van der Waals surface area contributed by atoms with E-state index in [1.54, 1.807) is 0 Å². The highest BCUT2D eigenvalue weighted by Gasteiger charge is 2.25. The standard InChI is InChI=1S/C16H15Cl2N3O5S/c1-10-3-5-12(8-15(10)21(23)24)27(25,26)20(2)9-16(22)19-11-4-6-13(17)14(18)7-11/h3-8H,9H2,1-2H3,(H,19,22). The van der Waals surface area contributed by atoms with E-state index in [1.165, 1.54) is 44.3 Å². The number of sulfonamides is 1. The van der Waals surface area contributed by atoms with Gasteiger partial charge in [-0.25, -0.2) is 8.42 Å². The lowest BCUT2D eigenvalue weighted by Gasteiger charge is -2.17. The Morgan fingerprint density at radius 2 is 1.85 bits per heavy atom. The fraction of sp³-hybridized carbons (Fsp3) is 0.188. The van der Waals surface area contributed by atoms with Crippen molar-refractivity contribution >= 4 is 50.5 Å². The molecule has 0 aromatic heterocycles. The van der Waals surface area contributed by atoms with Crippen LogP contribution in [-0.2, 0) is 14.8 Å². The van der Waals surface area contributed by atoms with Gasteiger partial charge < -0.3 is 5.32 Å². The van der Waals surface area contributed by atoms with Crippen molar-refractivity contribution in [3.8, 4) is 0 Å². The van der Waals surface area contributed by atoms with E-state index in [9.17, 15) is 23.3 Å². The molecule has 0 bridgehead atoms. The first-order chi connectivity index (χ1) is 12.5. The maximum absolute atomic E-state index is 12.6. The molecule has 2 aromatic carbocycles. The Bertz CT molecular complexity index is 1010. The first-order valence-corrected chi connectivity index (χ1v) is 9.68. The summed E-state index contributed by atoms with van der Waals surface area (Å²) >= 11 is 11.7. The summed E-state index contributed by atoms with van der Waals surface area (Å²) in [5, 5.41) is 14.1. The third-order valence-electron chi connectivity index (χ3n) is 3.66. The number of nitro benzene ring substituents is 1. The number of nitrogens with one attached hydrogen (secondary N) is 1. The minimum atomic E-state index is -4.09. The molecule has 1 amide bonds. The first-order valence-electron chi connectivity index (χ1n) is 7.48. The normalized spacial score (nSPS) is 11.4. The maximum Gasteiger partial charge on any atom is 0.273 e. The van der Waals surface area contributed by atoms with Gasteiger partial charge in [-0.3, -0.25) is 14.9 Å². The van der Waals surface area contributed by atoms with E-state index in [0.29, 0.717) is 16.3 Å². The van der Waals surface area contributed by atoms with Gasteiger partial charge in [0.2, 0.25) is 15.9 Å². The summed E-state index contributed by atoms with van der Waals surface area (Å²) in [6.45, 7) is 1.01. The number of aryl methyl sites for hydroxylation is 1. The highest BCUT2D eigenvalue weighted by atomic mass is 35.5. The van der Waals surface area contributed by atoms with Crippen molar-refractivity contribution in [2.24, 2.45) is 0 Å². The zero-order valence-electron chi connectivity index (χ0n) is 14.3. The van der Waals surface area contributed by atoms with Gasteiger partial charge in [0.05, 0.1) is 26.4 Å². The molecule has 0 spiro atoms. The molecule has 11 heteroatoms. The second-order valence-corrected chi connectivity index (χ2v) is 8.50. The highest BCUT2D eigenvalue weighted by Crippen LogP contribution is 2.26. The van der Waals surface area contributed by atoms with Crippen LogP contribution in [0.4, 0.5) is 11.4 Å². The van der Waals surface area contributed by atoms with E-state index in [4.69, 9.17) is 23.2 Å². The van der Waals surface area contributed by atoms with Gasteiger partial charge in [-0.2, -0.15) is 4.31 Å². The number of carbonyl (C=O) groups is 1. The Balaban J connectivity index is 2.17. The van der Waals surface area contributed by atoms with Crippen LogP contribution in [0.15, 0.2) is 41.3 Å². The number of nitro groups is 1. The Kier molecular flexibility index (Phi) is 6.42. The minimum absolute atomic E-state index is 0.238. The van der Waals surface area contributed by atoms with Gasteiger partial charge in [0.15, 0.2) is 0 Å². The van der Waals surface area contributed by atoms with Gasteiger partial charge >= 0.3 is 0 Å². The van der Waals surface area contributed by atoms with Crippen molar-refractivity contribution in [3.05, 3.63) is 62.1 Å². The largest absolute Gasteiger partial charge is 0.325 e. The molecule has 0 unspecified atom stereocenters. The summed E-state index contributed by atoms with van der Waals surface area (Å²) in [4.78, 5) is 22.2. The Hall–Kier alpha value is -2.20. The molecule has 2 aromatic rings. The highest BCUT2D eigenvalue weighted by molar-refractivity contribution is 7.89. The molecule has 0 atom stereocenters. The van der Waals surface area contributed by atoms with Gasteiger partial charge in [0.25, 0.3) is 5.69 Å². The predicted octanol–water partition coefficient (Wildman–Crippen LogP) is 3.47. The second-order valence-electron chi connectivity index (χ2n) is 5.64. The number of likely N-dealkylation sites (N-methyl/N-ethyl adjacent to an activating group) is 1. The van der Waals surface area contributed by atoms with Crippen LogP contribution >= 0.6 is 23.2 Å². The Morgan fingerprint density at radius 1 is 1.19 bits per heavy atom. The number of benzene rings is 2. The van der Waals surface area contributed by atoms with Crippen LogP contribution in [0.25, 0.3) is 0 Å². The number of anilines is 1. The number of hydrogen-bond acceptors (Lipinski definition) is 5. The second kappa shape index (κ2) is 8.22. The molecule has 27 heavy (non-hydrogen) atoms. The number of rotatable bonds is 6. The first kappa shape index (κ1) is 21.1. The van der Waals surface area contributed by atoms with Gasteiger partial charge in [-0.15, -0.1) is 0 Å². The molecule has 144 valence electrons. The molecule has 0 aliphatic carbocycles. The molecular weight excluding hydrogens is 417 g/mol. The van der Waals surface area contributed by atoms with Crippen LogP contribution in [-0.4, -0.2) is 37.1 Å². The fourth-order valence-corrected chi connectivity index (χ4v) is 3.63. The molecule has 8 nitrogen and oxygen atoms in total. The average Bonchev–Trinajstić information content (AvgIpc) is 2.58. The van der Waals surface area contributed by atoms with Gasteiger partial charge in [-0.1, -0.05) is 29.3 Å². The minimum Gasteiger partial charge on any atom is -0.325 e. The molecule has 0 aliphatic rings. The number of halogens is 2. The summed E-state index contributed by atoms with van der Waals surface area (Å²) in [6, 6.07) is 8.01. The molecule has 0 heterocycles. The maximum atomic E-state index is 12.6. The van der Waals surface area contributed by atoms with Crippen molar-refractivity contribution in [3.63, 3.8) is 0 Å². The topological polar surface area (TPSA) is 110 Å². The van der Waals surface area contributed by atoms with Crippen LogP contribution < -0.4 is 5.32 Å². The van der Waals surface area contributed by atoms with Crippen molar-refractivity contribution in [2.75, 3.05) is 18.9 Å². The summed E-state index contributed by atoms with van der Waals surface area (Å²) in [5.74, 6) is -0.610. The zero-order valence-corrected chi connectivity index (χ0v) is 16.6. The van der Waals surface area contributed by atoms with Crippen molar-refractivity contribution < 1.29 is 18.1 Å². The third-order valence-corrected chi connectivity index (χ3v) is 6.19. The van der Waals surface area contributed by atoms with Crippen molar-refractivity contribution in [1.82, 2.24) is 4.31 Å². The molecular formula is C16H15Cl2N3O5S. The fourth-order valence-electron chi connectivity index (χ4n) is 2.19. The van der Waals surface area contributed by atoms with E-state index >= 15 is 0 Å². The molecule has 0 saturated carbocycles. The van der Waals surface area contributed by atoms with E-state index in [-0.39, 0.29) is 15.6 Å². The summed E-state index contributed by atoms with van der Waals surface area (Å²) in [7, 11) is -2.89. The lowest BCUT2D eigenvalue weighted by Crippen LogP contribution is -2.35. The number of hydrogen-bond donors (Lipinski definition) is 1. The van der Waals surface area contributed by atoms with Crippen molar-refractivity contribution in [2.45, 2.75) is 11.8 Å². The summed E-state index contributed by atoms with van der Waals surface area (Å²) in [6.07, 6.45) is 0. The lowest BCUT2D eigenvalue weighted by atomic mass is 10.2. The van der Waals surface area contributed by atoms with Crippen LogP contribution in [0.3, 0.4) is 0 Å². The van der Waals surface area contributed by atoms with Crippen LogP contribution in [0.1, 0.15) is 5.56 Å². The van der Waals surface area contributed by atoms with Gasteiger partial charge in [-0.05, 0) is 31.2 Å². The molecule has 1 N–H and O–H groups in total. The van der Waals surface area contributed by atoms with Crippen molar-refractivity contribution in [1.29, 1.82) is 0 Å². The van der Waals surface area contributed by atoms with E-state index in [0.717, 1.165) is 10.4 Å². The van der Waals surface area contributed by atoms with E-state index in [2.05, 4.69) is 5.32 Å². The predicted molar refractivity (Wildman–Crippen MR) is 103 cm³/mol. The molecule has 0 fully saturated rings. The molecule has 0 aliphatic heterocycles. The van der Waals surface area contributed by atoms with E-state index in [1.807, 2.05) is 0 Å². The SMILES string of the molecule is Cc1ccc(S(=O)(=O)N(C)CC(=O)Nc2ccc(Cl)c(Cl)c2)cc1[N+](=O)[O-]. The Labute approximate surface area is 165 Å². The summed E-state index contributed by atoms with van der Waals surface area (Å²) in [5.41, 5.74) is 0.370. The van der Waals surface area contributed by atoms with Gasteiger partial charge in [0, 0.05) is 24.4 Å². The number of carbonyl (C=O) groups excluding carboxylic acids is 1. The third kappa shape index (κ3) is 4.95. The van der Waals surface area contributed by atoms with Crippen LogP contribution in [0, 0.1) is 17.0 Å². The zero-order chi connectivity index (χ0) is 20.4. The van der Waals surface area contributed by atoms with Gasteiger partial charge in [0.1, 0.15) is 0 Å². The Morgan fingerprint density at radius 3 is 2.44 bits per heavy atom. The molecule has 0 radical (unpaired) electrons.